The van der Waals surface area contributed by atoms with Crippen molar-refractivity contribution in [3.05, 3.63) is 28.8 Å². The van der Waals surface area contributed by atoms with Crippen LogP contribution < -0.4 is 4.90 Å². The zero-order valence-electron chi connectivity index (χ0n) is 12.5. The van der Waals surface area contributed by atoms with Crippen LogP contribution in [0.5, 0.6) is 0 Å². The first kappa shape index (κ1) is 14.7. The van der Waals surface area contributed by atoms with E-state index in [4.69, 9.17) is 0 Å². The summed E-state index contributed by atoms with van der Waals surface area (Å²) in [5.41, 5.74) is 0.958. The standard InChI is InChI=1S/C16H21NO3/c1-5-6-7-16(20)14(18)13-11(3)8-10(2)9-12(13)17(4)15(16)19/h8-9,20H,5-7H2,1-4H3. The summed E-state index contributed by atoms with van der Waals surface area (Å²) >= 11 is 0. The van der Waals surface area contributed by atoms with Gasteiger partial charge in [0.1, 0.15) is 0 Å². The van der Waals surface area contributed by atoms with E-state index in [1.54, 1.807) is 7.05 Å². The fourth-order valence-corrected chi connectivity index (χ4v) is 2.85. The number of aliphatic hydroxyl groups is 1. The van der Waals surface area contributed by atoms with Crippen LogP contribution in [0.15, 0.2) is 12.1 Å². The van der Waals surface area contributed by atoms with Crippen molar-refractivity contribution in [2.75, 3.05) is 11.9 Å². The minimum atomic E-state index is -1.90. The minimum Gasteiger partial charge on any atom is -0.373 e. The first-order valence-electron chi connectivity index (χ1n) is 6.99. The second-order valence-corrected chi connectivity index (χ2v) is 5.63. The first-order chi connectivity index (χ1) is 9.32. The molecule has 4 nitrogen and oxygen atoms in total. The van der Waals surface area contributed by atoms with Gasteiger partial charge < -0.3 is 10.0 Å². The molecule has 1 aliphatic heterocycles. The summed E-state index contributed by atoms with van der Waals surface area (Å²) in [5.74, 6) is -0.977. The SMILES string of the molecule is CCCCC1(O)C(=O)c2c(C)cc(C)cc2N(C)C1=O. The van der Waals surface area contributed by atoms with E-state index in [1.807, 2.05) is 32.9 Å². The maximum absolute atomic E-state index is 12.6. The fraction of sp³-hybridized carbons (Fsp3) is 0.500. The molecular formula is C16H21NO3. The van der Waals surface area contributed by atoms with Crippen molar-refractivity contribution in [3.63, 3.8) is 0 Å². The number of ketones is 1. The number of fused-ring (bicyclic) bond motifs is 1. The van der Waals surface area contributed by atoms with Gasteiger partial charge in [-0.2, -0.15) is 0 Å². The number of carbonyl (C=O) groups excluding carboxylic acids is 2. The predicted octanol–water partition coefficient (Wildman–Crippen LogP) is 2.38. The van der Waals surface area contributed by atoms with Gasteiger partial charge >= 0.3 is 0 Å². The lowest BCUT2D eigenvalue weighted by Crippen LogP contribution is -2.57. The van der Waals surface area contributed by atoms with E-state index in [0.717, 1.165) is 17.5 Å². The molecule has 1 N–H and O–H groups in total. The molecule has 0 aliphatic carbocycles. The molecule has 2 rings (SSSR count). The molecule has 1 aromatic rings. The second kappa shape index (κ2) is 5.02. The Bertz CT molecular complexity index is 579. The van der Waals surface area contributed by atoms with Gasteiger partial charge in [0.2, 0.25) is 11.4 Å². The van der Waals surface area contributed by atoms with E-state index in [2.05, 4.69) is 0 Å². The summed E-state index contributed by atoms with van der Waals surface area (Å²) in [6.45, 7) is 5.73. The van der Waals surface area contributed by atoms with E-state index < -0.39 is 17.3 Å². The van der Waals surface area contributed by atoms with Crippen molar-refractivity contribution in [2.24, 2.45) is 0 Å². The van der Waals surface area contributed by atoms with Gasteiger partial charge in [-0.15, -0.1) is 0 Å². The van der Waals surface area contributed by atoms with Crippen LogP contribution in [0.3, 0.4) is 0 Å². The number of hydrogen-bond acceptors (Lipinski definition) is 3. The number of amides is 1. The van der Waals surface area contributed by atoms with Crippen molar-refractivity contribution >= 4 is 17.4 Å². The van der Waals surface area contributed by atoms with E-state index in [9.17, 15) is 14.7 Å². The Morgan fingerprint density at radius 1 is 1.25 bits per heavy atom. The summed E-state index contributed by atoms with van der Waals surface area (Å²) in [7, 11) is 1.61. The van der Waals surface area contributed by atoms with Gasteiger partial charge in [0, 0.05) is 12.6 Å². The van der Waals surface area contributed by atoms with Crippen LogP contribution in [-0.2, 0) is 4.79 Å². The van der Waals surface area contributed by atoms with Gasteiger partial charge in [-0.05, 0) is 43.9 Å². The maximum atomic E-state index is 12.6. The van der Waals surface area contributed by atoms with Crippen LogP contribution in [0.1, 0.15) is 47.7 Å². The summed E-state index contributed by atoms with van der Waals surface area (Å²) in [6, 6.07) is 3.72. The molecule has 1 aromatic carbocycles. The Hall–Kier alpha value is -1.68. The zero-order chi connectivity index (χ0) is 15.1. The monoisotopic (exact) mass is 275 g/mol. The van der Waals surface area contributed by atoms with Crippen molar-refractivity contribution in [3.8, 4) is 0 Å². The largest absolute Gasteiger partial charge is 0.373 e. The van der Waals surface area contributed by atoms with Crippen LogP contribution in [0, 0.1) is 13.8 Å². The molecule has 0 bridgehead atoms. The van der Waals surface area contributed by atoms with E-state index in [1.165, 1.54) is 4.90 Å². The number of benzene rings is 1. The quantitative estimate of drug-likeness (QED) is 0.862. The molecule has 0 spiro atoms. The van der Waals surface area contributed by atoms with Gasteiger partial charge in [-0.1, -0.05) is 19.4 Å². The third kappa shape index (κ3) is 2.04. The smallest absolute Gasteiger partial charge is 0.266 e. The maximum Gasteiger partial charge on any atom is 0.266 e. The van der Waals surface area contributed by atoms with Crippen LogP contribution in [0.25, 0.3) is 0 Å². The highest BCUT2D eigenvalue weighted by molar-refractivity contribution is 6.27. The molecule has 1 aliphatic rings. The molecule has 0 saturated carbocycles. The van der Waals surface area contributed by atoms with Crippen LogP contribution in [0.4, 0.5) is 5.69 Å². The number of nitrogens with zero attached hydrogens (tertiary/aromatic N) is 1. The fourth-order valence-electron chi connectivity index (χ4n) is 2.85. The van der Waals surface area contributed by atoms with Gasteiger partial charge in [0.15, 0.2) is 0 Å². The summed E-state index contributed by atoms with van der Waals surface area (Å²) in [4.78, 5) is 26.4. The van der Waals surface area contributed by atoms with Gasteiger partial charge in [0.05, 0.1) is 5.69 Å². The Kier molecular flexibility index (Phi) is 3.69. The normalized spacial score (nSPS) is 22.1. The van der Waals surface area contributed by atoms with Crippen molar-refractivity contribution < 1.29 is 14.7 Å². The number of carbonyl (C=O) groups is 2. The summed E-state index contributed by atoms with van der Waals surface area (Å²) in [6.07, 6.45) is 1.65. The third-order valence-corrected chi connectivity index (χ3v) is 3.97. The molecule has 1 amide bonds. The number of Topliss-reactive ketones (excluding diaryl/α,β-unsaturated/α-hetero) is 1. The Morgan fingerprint density at radius 2 is 1.90 bits per heavy atom. The highest BCUT2D eigenvalue weighted by Crippen LogP contribution is 2.37. The summed E-state index contributed by atoms with van der Waals surface area (Å²) in [5, 5.41) is 10.6. The lowest BCUT2D eigenvalue weighted by atomic mass is 9.80. The molecule has 1 atom stereocenters. The van der Waals surface area contributed by atoms with Crippen LogP contribution in [0.2, 0.25) is 0 Å². The lowest BCUT2D eigenvalue weighted by molar-refractivity contribution is -0.133. The molecule has 20 heavy (non-hydrogen) atoms. The van der Waals surface area contributed by atoms with E-state index in [0.29, 0.717) is 17.7 Å². The molecule has 4 heteroatoms. The molecular weight excluding hydrogens is 254 g/mol. The second-order valence-electron chi connectivity index (χ2n) is 5.63. The van der Waals surface area contributed by atoms with E-state index >= 15 is 0 Å². The lowest BCUT2D eigenvalue weighted by Gasteiger charge is -2.37. The first-order valence-corrected chi connectivity index (χ1v) is 6.99. The van der Waals surface area contributed by atoms with Crippen molar-refractivity contribution in [2.45, 2.75) is 45.6 Å². The number of anilines is 1. The Morgan fingerprint density at radius 3 is 2.50 bits per heavy atom. The number of unbranched alkanes of at least 4 members (excludes halogenated alkanes) is 1. The van der Waals surface area contributed by atoms with Gasteiger partial charge in [-0.25, -0.2) is 0 Å². The molecule has 1 heterocycles. The highest BCUT2D eigenvalue weighted by atomic mass is 16.3. The minimum absolute atomic E-state index is 0.179. The topological polar surface area (TPSA) is 57.6 Å². The Balaban J connectivity index is 2.60. The molecule has 1 unspecified atom stereocenters. The van der Waals surface area contributed by atoms with Crippen LogP contribution >= 0.6 is 0 Å². The number of hydrogen-bond donors (Lipinski definition) is 1. The number of rotatable bonds is 3. The van der Waals surface area contributed by atoms with Crippen molar-refractivity contribution in [1.82, 2.24) is 0 Å². The van der Waals surface area contributed by atoms with Gasteiger partial charge in [0.25, 0.3) is 5.91 Å². The Labute approximate surface area is 119 Å². The predicted molar refractivity (Wildman–Crippen MR) is 78.1 cm³/mol. The molecule has 0 radical (unpaired) electrons. The average Bonchev–Trinajstić information content (AvgIpc) is 2.40. The number of likely N-dealkylation sites (N-methyl/N-ethyl adjacent to an activating group) is 1. The third-order valence-electron chi connectivity index (χ3n) is 3.97. The zero-order valence-corrected chi connectivity index (χ0v) is 12.5. The molecule has 108 valence electrons. The molecule has 0 saturated heterocycles. The summed E-state index contributed by atoms with van der Waals surface area (Å²) < 4.78 is 0. The number of aryl methyl sites for hydroxylation is 2. The van der Waals surface area contributed by atoms with E-state index in [-0.39, 0.29) is 6.42 Å². The van der Waals surface area contributed by atoms with Crippen molar-refractivity contribution in [1.29, 1.82) is 0 Å². The highest BCUT2D eigenvalue weighted by Gasteiger charge is 2.50. The molecule has 0 fully saturated rings. The van der Waals surface area contributed by atoms with Crippen LogP contribution in [-0.4, -0.2) is 29.4 Å². The van der Waals surface area contributed by atoms with Gasteiger partial charge in [-0.3, -0.25) is 9.59 Å². The molecule has 0 aromatic heterocycles. The average molecular weight is 275 g/mol.